The van der Waals surface area contributed by atoms with E-state index in [9.17, 15) is 0 Å². The Morgan fingerprint density at radius 2 is 2.00 bits per heavy atom. The number of rotatable bonds is 4. The van der Waals surface area contributed by atoms with Crippen LogP contribution in [0.15, 0.2) is 24.3 Å². The van der Waals surface area contributed by atoms with E-state index in [2.05, 4.69) is 23.4 Å². The summed E-state index contributed by atoms with van der Waals surface area (Å²) in [5.74, 6) is 5.98. The van der Waals surface area contributed by atoms with Crippen molar-refractivity contribution in [2.75, 3.05) is 12.4 Å². The van der Waals surface area contributed by atoms with Crippen molar-refractivity contribution < 1.29 is 4.74 Å². The van der Waals surface area contributed by atoms with E-state index in [0.717, 1.165) is 11.4 Å². The van der Waals surface area contributed by atoms with Gasteiger partial charge in [-0.25, -0.2) is 5.43 Å². The van der Waals surface area contributed by atoms with Gasteiger partial charge in [-0.2, -0.15) is 0 Å². The third-order valence-electron chi connectivity index (χ3n) is 1.55. The fourth-order valence-electron chi connectivity index (χ4n) is 0.887. The van der Waals surface area contributed by atoms with Gasteiger partial charge in [0.2, 0.25) is 0 Å². The maximum atomic E-state index is 5.16. The van der Waals surface area contributed by atoms with Crippen LogP contribution in [-0.4, -0.2) is 12.6 Å². The molecule has 0 aliphatic heterocycles. The molecule has 0 saturated carbocycles. The topological polar surface area (TPSA) is 59.3 Å². The zero-order valence-electron chi connectivity index (χ0n) is 7.32. The van der Waals surface area contributed by atoms with Gasteiger partial charge in [0.05, 0.1) is 7.11 Å². The second-order valence-corrected chi connectivity index (χ2v) is 2.96. The second kappa shape index (κ2) is 4.96. The zero-order chi connectivity index (χ0) is 9.68. The summed E-state index contributed by atoms with van der Waals surface area (Å²) in [5.41, 5.74) is 3.14. The Morgan fingerprint density at radius 1 is 1.38 bits per heavy atom. The zero-order valence-corrected chi connectivity index (χ0v) is 8.21. The van der Waals surface area contributed by atoms with Crippen LogP contribution in [0.3, 0.4) is 0 Å². The Kier molecular flexibility index (Phi) is 3.88. The molecule has 0 bridgehead atoms. The first-order chi connectivity index (χ1) is 6.26. The average molecular weight is 199 g/mol. The molecule has 0 aliphatic rings. The molecule has 1 unspecified atom stereocenters. The van der Waals surface area contributed by atoms with Gasteiger partial charge in [0, 0.05) is 5.69 Å². The molecule has 72 valence electrons. The minimum atomic E-state index is -0.256. The molecule has 1 aromatic rings. The molecule has 0 saturated heterocycles. The summed E-state index contributed by atoms with van der Waals surface area (Å²) in [4.78, 5) is 0. The maximum absolute atomic E-state index is 5.16. The lowest BCUT2D eigenvalue weighted by atomic mass is 10.3. The Labute approximate surface area is 82.8 Å². The summed E-state index contributed by atoms with van der Waals surface area (Å²) < 4.78 is 5.01. The summed E-state index contributed by atoms with van der Waals surface area (Å²) in [6.45, 7) is 0. The van der Waals surface area contributed by atoms with Gasteiger partial charge in [0.25, 0.3) is 0 Å². The molecule has 1 rings (SSSR count). The van der Waals surface area contributed by atoms with Crippen molar-refractivity contribution in [1.29, 1.82) is 0 Å². The molecule has 1 aromatic carbocycles. The fourth-order valence-corrected chi connectivity index (χ4v) is 1.04. The van der Waals surface area contributed by atoms with Crippen molar-refractivity contribution in [3.63, 3.8) is 0 Å². The van der Waals surface area contributed by atoms with Gasteiger partial charge in [0.1, 0.15) is 11.2 Å². The molecule has 5 heteroatoms. The van der Waals surface area contributed by atoms with E-state index in [1.807, 2.05) is 24.3 Å². The Morgan fingerprint density at radius 3 is 2.46 bits per heavy atom. The summed E-state index contributed by atoms with van der Waals surface area (Å²) in [6.07, 6.45) is 0. The lowest BCUT2D eigenvalue weighted by Gasteiger charge is -2.12. The Bertz CT molecular complexity index is 252. The SMILES string of the molecule is COc1ccc(NC(S)NN)cc1. The van der Waals surface area contributed by atoms with Crippen LogP contribution in [0.25, 0.3) is 0 Å². The summed E-state index contributed by atoms with van der Waals surface area (Å²) in [6, 6.07) is 7.50. The highest BCUT2D eigenvalue weighted by atomic mass is 32.1. The molecule has 0 aromatic heterocycles. The van der Waals surface area contributed by atoms with Crippen molar-refractivity contribution in [1.82, 2.24) is 5.43 Å². The normalized spacial score (nSPS) is 12.2. The van der Waals surface area contributed by atoms with E-state index in [-0.39, 0.29) is 5.50 Å². The van der Waals surface area contributed by atoms with E-state index >= 15 is 0 Å². The molecule has 13 heavy (non-hydrogen) atoms. The van der Waals surface area contributed by atoms with Crippen LogP contribution in [0.1, 0.15) is 0 Å². The number of ether oxygens (including phenoxy) is 1. The van der Waals surface area contributed by atoms with Crippen LogP contribution in [0.4, 0.5) is 5.69 Å². The first kappa shape index (κ1) is 10.2. The van der Waals surface area contributed by atoms with E-state index in [4.69, 9.17) is 10.6 Å². The maximum Gasteiger partial charge on any atom is 0.135 e. The number of thiol groups is 1. The number of benzene rings is 1. The minimum absolute atomic E-state index is 0.256. The highest BCUT2D eigenvalue weighted by molar-refractivity contribution is 7.81. The predicted octanol–water partition coefficient (Wildman–Crippen LogP) is 0.784. The smallest absolute Gasteiger partial charge is 0.135 e. The molecule has 0 amide bonds. The van der Waals surface area contributed by atoms with Gasteiger partial charge in [-0.05, 0) is 24.3 Å². The third-order valence-corrected chi connectivity index (χ3v) is 1.83. The number of nitrogens with one attached hydrogen (secondary N) is 2. The van der Waals surface area contributed by atoms with Crippen molar-refractivity contribution in [3.8, 4) is 5.75 Å². The number of hydrazine groups is 1. The Hall–Kier alpha value is -0.910. The predicted molar refractivity (Wildman–Crippen MR) is 56.7 cm³/mol. The molecule has 4 N–H and O–H groups in total. The molecule has 4 nitrogen and oxygen atoms in total. The van der Waals surface area contributed by atoms with E-state index in [1.165, 1.54) is 0 Å². The number of methoxy groups -OCH3 is 1. The van der Waals surface area contributed by atoms with E-state index in [1.54, 1.807) is 7.11 Å². The van der Waals surface area contributed by atoms with E-state index in [0.29, 0.717) is 0 Å². The molecular formula is C8H13N3OS. The number of hydrogen-bond acceptors (Lipinski definition) is 5. The van der Waals surface area contributed by atoms with E-state index < -0.39 is 0 Å². The largest absolute Gasteiger partial charge is 0.497 e. The van der Waals surface area contributed by atoms with Crippen molar-refractivity contribution in [3.05, 3.63) is 24.3 Å². The fraction of sp³-hybridized carbons (Fsp3) is 0.250. The number of nitrogens with two attached hydrogens (primary N) is 1. The molecule has 0 fully saturated rings. The van der Waals surface area contributed by atoms with Crippen LogP contribution >= 0.6 is 12.6 Å². The molecule has 1 atom stereocenters. The van der Waals surface area contributed by atoms with Crippen LogP contribution in [0.2, 0.25) is 0 Å². The van der Waals surface area contributed by atoms with Crippen molar-refractivity contribution in [2.45, 2.75) is 5.50 Å². The van der Waals surface area contributed by atoms with Gasteiger partial charge in [0.15, 0.2) is 0 Å². The van der Waals surface area contributed by atoms with Gasteiger partial charge >= 0.3 is 0 Å². The summed E-state index contributed by atoms with van der Waals surface area (Å²) in [5, 5.41) is 3.02. The third kappa shape index (κ3) is 3.14. The molecule has 0 heterocycles. The molecule has 0 spiro atoms. The summed E-state index contributed by atoms with van der Waals surface area (Å²) in [7, 11) is 1.63. The molecular weight excluding hydrogens is 186 g/mol. The molecule has 0 aliphatic carbocycles. The minimum Gasteiger partial charge on any atom is -0.497 e. The van der Waals surface area contributed by atoms with Gasteiger partial charge in [-0.3, -0.25) is 5.84 Å². The summed E-state index contributed by atoms with van der Waals surface area (Å²) >= 11 is 4.11. The van der Waals surface area contributed by atoms with Crippen molar-refractivity contribution in [2.24, 2.45) is 5.84 Å². The number of anilines is 1. The van der Waals surface area contributed by atoms with Crippen LogP contribution in [0.5, 0.6) is 5.75 Å². The number of hydrogen-bond donors (Lipinski definition) is 4. The van der Waals surface area contributed by atoms with Crippen LogP contribution < -0.4 is 21.3 Å². The first-order valence-electron chi connectivity index (χ1n) is 3.81. The lowest BCUT2D eigenvalue weighted by Crippen LogP contribution is -2.36. The second-order valence-electron chi connectivity index (χ2n) is 2.44. The van der Waals surface area contributed by atoms with Crippen LogP contribution in [-0.2, 0) is 0 Å². The lowest BCUT2D eigenvalue weighted by molar-refractivity contribution is 0.415. The van der Waals surface area contributed by atoms with Crippen LogP contribution in [0, 0.1) is 0 Å². The highest BCUT2D eigenvalue weighted by Crippen LogP contribution is 2.15. The standard InChI is InChI=1S/C8H13N3OS/c1-12-7-4-2-6(3-5-7)10-8(13)11-9/h2-5,8,10-11,13H,9H2,1H3. The molecule has 0 radical (unpaired) electrons. The first-order valence-corrected chi connectivity index (χ1v) is 4.32. The Balaban J connectivity index is 2.58. The average Bonchev–Trinajstić information content (AvgIpc) is 2.19. The quantitative estimate of drug-likeness (QED) is 0.250. The van der Waals surface area contributed by atoms with Gasteiger partial charge in [-0.1, -0.05) is 0 Å². The highest BCUT2D eigenvalue weighted by Gasteiger charge is 1.98. The monoisotopic (exact) mass is 199 g/mol. The van der Waals surface area contributed by atoms with Crippen molar-refractivity contribution >= 4 is 18.3 Å². The van der Waals surface area contributed by atoms with Gasteiger partial charge < -0.3 is 10.1 Å². The van der Waals surface area contributed by atoms with Gasteiger partial charge in [-0.15, -0.1) is 12.6 Å².